The summed E-state index contributed by atoms with van der Waals surface area (Å²) in [7, 11) is 0. The number of carbonyl (C=O) groups is 2. The van der Waals surface area contributed by atoms with Crippen molar-refractivity contribution >= 4 is 23.6 Å². The first-order chi connectivity index (χ1) is 10.9. The Morgan fingerprint density at radius 3 is 2.87 bits per heavy atom. The van der Waals surface area contributed by atoms with Crippen LogP contribution in [0.1, 0.15) is 36.3 Å². The van der Waals surface area contributed by atoms with Crippen LogP contribution in [0.3, 0.4) is 0 Å². The van der Waals surface area contributed by atoms with Gasteiger partial charge in [0.15, 0.2) is 0 Å². The molecule has 126 valence electrons. The van der Waals surface area contributed by atoms with Gasteiger partial charge in [-0.05, 0) is 32.6 Å². The number of aromatic nitrogens is 1. The summed E-state index contributed by atoms with van der Waals surface area (Å²) in [4.78, 5) is 25.8. The van der Waals surface area contributed by atoms with Crippen molar-refractivity contribution in [3.8, 4) is 0 Å². The number of aliphatic carboxylic acids is 1. The Bertz CT molecular complexity index is 610. The van der Waals surface area contributed by atoms with Gasteiger partial charge in [0, 0.05) is 24.4 Å². The number of amides is 1. The van der Waals surface area contributed by atoms with E-state index in [0.29, 0.717) is 31.0 Å². The zero-order chi connectivity index (χ0) is 16.6. The predicted molar refractivity (Wildman–Crippen MR) is 86.1 cm³/mol. The summed E-state index contributed by atoms with van der Waals surface area (Å²) in [6, 6.07) is 0. The summed E-state index contributed by atoms with van der Waals surface area (Å²) in [6.45, 7) is 4.73. The molecule has 3 rings (SSSR count). The van der Waals surface area contributed by atoms with E-state index in [0.717, 1.165) is 29.9 Å². The van der Waals surface area contributed by atoms with Gasteiger partial charge >= 0.3 is 5.97 Å². The van der Waals surface area contributed by atoms with Gasteiger partial charge < -0.3 is 14.5 Å². The molecule has 0 aromatic carbocycles. The number of thioether (sulfide) groups is 1. The fourth-order valence-corrected chi connectivity index (χ4v) is 4.94. The molecule has 1 amide bonds. The zero-order valence-electron chi connectivity index (χ0n) is 13.5. The Kier molecular flexibility index (Phi) is 4.40. The maximum atomic E-state index is 12.4. The third-order valence-electron chi connectivity index (χ3n) is 5.30. The lowest BCUT2D eigenvalue weighted by Crippen LogP contribution is -2.37. The molecule has 0 spiro atoms. The lowest BCUT2D eigenvalue weighted by Gasteiger charge is -2.23. The number of rotatable bonds is 5. The highest BCUT2D eigenvalue weighted by molar-refractivity contribution is 7.99. The molecule has 1 saturated heterocycles. The lowest BCUT2D eigenvalue weighted by molar-refractivity contribution is -0.149. The second-order valence-electron chi connectivity index (χ2n) is 6.62. The van der Waals surface area contributed by atoms with Gasteiger partial charge in [0.2, 0.25) is 5.91 Å². The Balaban J connectivity index is 1.55. The summed E-state index contributed by atoms with van der Waals surface area (Å²) in [6.07, 6.45) is 2.57. The fourth-order valence-electron chi connectivity index (χ4n) is 3.87. The molecule has 6 nitrogen and oxygen atoms in total. The van der Waals surface area contributed by atoms with Crippen molar-refractivity contribution in [2.24, 2.45) is 11.3 Å². The van der Waals surface area contributed by atoms with Crippen molar-refractivity contribution in [3.63, 3.8) is 0 Å². The number of nitrogens with zero attached hydrogens (tertiary/aromatic N) is 2. The van der Waals surface area contributed by atoms with Crippen LogP contribution in [-0.4, -0.2) is 45.9 Å². The number of aryl methyl sites for hydroxylation is 2. The van der Waals surface area contributed by atoms with Crippen molar-refractivity contribution in [3.05, 3.63) is 17.0 Å². The molecule has 2 atom stereocenters. The smallest absolute Gasteiger partial charge is 0.311 e. The van der Waals surface area contributed by atoms with Crippen LogP contribution in [0.5, 0.6) is 0 Å². The van der Waals surface area contributed by atoms with Gasteiger partial charge in [0.1, 0.15) is 5.76 Å². The number of hydrogen-bond acceptors (Lipinski definition) is 5. The molecule has 1 N–H and O–H groups in total. The molecule has 2 fully saturated rings. The quantitative estimate of drug-likeness (QED) is 0.886. The lowest BCUT2D eigenvalue weighted by atomic mass is 9.81. The summed E-state index contributed by atoms with van der Waals surface area (Å²) < 4.78 is 5.12. The summed E-state index contributed by atoms with van der Waals surface area (Å²) in [5.74, 6) is 1.27. The Morgan fingerprint density at radius 1 is 1.48 bits per heavy atom. The largest absolute Gasteiger partial charge is 0.481 e. The Hall–Kier alpha value is -1.50. The van der Waals surface area contributed by atoms with Crippen LogP contribution < -0.4 is 0 Å². The van der Waals surface area contributed by atoms with E-state index in [9.17, 15) is 14.7 Å². The Morgan fingerprint density at radius 2 is 2.26 bits per heavy atom. The van der Waals surface area contributed by atoms with Gasteiger partial charge in [0.05, 0.1) is 16.9 Å². The standard InChI is InChI=1S/C16H22N2O4S/c1-10-13(11(2)22-17-10)7-23-8-14(19)18-6-12-4-3-5-16(12,9-18)15(20)21/h12H,3-9H2,1-2H3,(H,20,21)/t12-,16+/m0/s1. The highest BCUT2D eigenvalue weighted by atomic mass is 32.2. The molecule has 2 aliphatic rings. The van der Waals surface area contributed by atoms with Gasteiger partial charge in [-0.2, -0.15) is 0 Å². The molecule has 7 heteroatoms. The summed E-state index contributed by atoms with van der Waals surface area (Å²) in [5, 5.41) is 13.5. The SMILES string of the molecule is Cc1noc(C)c1CSCC(=O)N1C[C@@H]2CCC[C@@]2(C(=O)O)C1. The van der Waals surface area contributed by atoms with E-state index in [2.05, 4.69) is 5.16 Å². The molecule has 1 aromatic heterocycles. The molecule has 0 radical (unpaired) electrons. The summed E-state index contributed by atoms with van der Waals surface area (Å²) in [5.41, 5.74) is 1.22. The number of likely N-dealkylation sites (tertiary alicyclic amines) is 1. The molecular weight excluding hydrogens is 316 g/mol. The number of fused-ring (bicyclic) bond motifs is 1. The van der Waals surface area contributed by atoms with Crippen molar-refractivity contribution in [1.82, 2.24) is 10.1 Å². The number of carbonyl (C=O) groups excluding carboxylic acids is 1. The molecule has 1 saturated carbocycles. The van der Waals surface area contributed by atoms with Crippen LogP contribution in [0.2, 0.25) is 0 Å². The highest BCUT2D eigenvalue weighted by Gasteiger charge is 2.55. The van der Waals surface area contributed by atoms with E-state index in [1.54, 1.807) is 4.90 Å². The first kappa shape index (κ1) is 16.4. The molecule has 2 heterocycles. The van der Waals surface area contributed by atoms with Crippen LogP contribution in [0.4, 0.5) is 0 Å². The minimum atomic E-state index is -0.737. The zero-order valence-corrected chi connectivity index (χ0v) is 14.3. The maximum absolute atomic E-state index is 12.4. The summed E-state index contributed by atoms with van der Waals surface area (Å²) >= 11 is 1.53. The molecule has 23 heavy (non-hydrogen) atoms. The molecule has 1 aromatic rings. The average Bonchev–Trinajstić information content (AvgIpc) is 3.14. The second kappa shape index (κ2) is 6.19. The van der Waals surface area contributed by atoms with Gasteiger partial charge in [-0.25, -0.2) is 0 Å². The number of hydrogen-bond donors (Lipinski definition) is 1. The maximum Gasteiger partial charge on any atom is 0.311 e. The van der Waals surface area contributed by atoms with Gasteiger partial charge in [0.25, 0.3) is 0 Å². The van der Waals surface area contributed by atoms with Gasteiger partial charge in [-0.3, -0.25) is 9.59 Å². The second-order valence-corrected chi connectivity index (χ2v) is 7.61. The normalized spacial score (nSPS) is 26.5. The first-order valence-electron chi connectivity index (χ1n) is 7.94. The van der Waals surface area contributed by atoms with E-state index in [1.165, 1.54) is 11.8 Å². The van der Waals surface area contributed by atoms with E-state index in [1.807, 2.05) is 13.8 Å². The van der Waals surface area contributed by atoms with Crippen LogP contribution in [0, 0.1) is 25.2 Å². The topological polar surface area (TPSA) is 83.6 Å². The van der Waals surface area contributed by atoms with Crippen LogP contribution in [0.25, 0.3) is 0 Å². The third kappa shape index (κ3) is 2.86. The van der Waals surface area contributed by atoms with E-state index >= 15 is 0 Å². The van der Waals surface area contributed by atoms with E-state index < -0.39 is 11.4 Å². The fraction of sp³-hybridized carbons (Fsp3) is 0.688. The first-order valence-corrected chi connectivity index (χ1v) is 9.10. The molecule has 1 aliphatic heterocycles. The minimum absolute atomic E-state index is 0.0387. The van der Waals surface area contributed by atoms with Gasteiger partial charge in [-0.1, -0.05) is 11.6 Å². The highest BCUT2D eigenvalue weighted by Crippen LogP contribution is 2.48. The third-order valence-corrected chi connectivity index (χ3v) is 6.25. The van der Waals surface area contributed by atoms with Crippen molar-refractivity contribution in [2.75, 3.05) is 18.8 Å². The van der Waals surface area contributed by atoms with Crippen LogP contribution in [0.15, 0.2) is 4.52 Å². The molecule has 0 bridgehead atoms. The predicted octanol–water partition coefficient (Wildman–Crippen LogP) is 2.24. The molecule has 1 aliphatic carbocycles. The average molecular weight is 338 g/mol. The molecule has 0 unspecified atom stereocenters. The minimum Gasteiger partial charge on any atom is -0.481 e. The van der Waals surface area contributed by atoms with Crippen molar-refractivity contribution < 1.29 is 19.2 Å². The van der Waals surface area contributed by atoms with Crippen molar-refractivity contribution in [2.45, 2.75) is 38.9 Å². The van der Waals surface area contributed by atoms with Gasteiger partial charge in [-0.15, -0.1) is 11.8 Å². The monoisotopic (exact) mass is 338 g/mol. The number of carboxylic acids is 1. The Labute approximate surface area is 139 Å². The van der Waals surface area contributed by atoms with Crippen molar-refractivity contribution in [1.29, 1.82) is 0 Å². The van der Waals surface area contributed by atoms with Crippen LogP contribution >= 0.6 is 11.8 Å². The molecular formula is C16H22N2O4S. The van der Waals surface area contributed by atoms with E-state index in [-0.39, 0.29) is 11.8 Å². The van der Waals surface area contributed by atoms with Crippen LogP contribution in [-0.2, 0) is 15.3 Å². The number of carboxylic acid groups (broad SMARTS) is 1. The van der Waals surface area contributed by atoms with E-state index in [4.69, 9.17) is 4.52 Å².